The van der Waals surface area contributed by atoms with Crippen LogP contribution in [0.4, 0.5) is 10.5 Å². The van der Waals surface area contributed by atoms with E-state index in [1.54, 1.807) is 45.9 Å². The zero-order valence-corrected chi connectivity index (χ0v) is 19.0. The average molecular weight is 468 g/mol. The van der Waals surface area contributed by atoms with Gasteiger partial charge in [0, 0.05) is 23.1 Å². The van der Waals surface area contributed by atoms with Crippen molar-refractivity contribution in [1.29, 1.82) is 0 Å². The number of rotatable bonds is 5. The van der Waals surface area contributed by atoms with Crippen LogP contribution in [0.3, 0.4) is 0 Å². The summed E-state index contributed by atoms with van der Waals surface area (Å²) in [4.78, 5) is 32.2. The Morgan fingerprint density at radius 3 is 2.43 bits per heavy atom. The number of anilines is 1. The molecule has 3 aromatic rings. The number of aromatic nitrogens is 2. The number of nitrogens with zero attached hydrogens (tertiary/aromatic N) is 3. The topological polar surface area (TPSA) is 67.2 Å². The second-order valence-electron chi connectivity index (χ2n) is 6.70. The van der Waals surface area contributed by atoms with Gasteiger partial charge in [0.2, 0.25) is 0 Å². The maximum atomic E-state index is 13.0. The van der Waals surface area contributed by atoms with E-state index in [2.05, 4.69) is 10.3 Å². The lowest BCUT2D eigenvalue weighted by atomic mass is 10.2. The van der Waals surface area contributed by atoms with Gasteiger partial charge in [-0.2, -0.15) is 0 Å². The molecule has 0 fully saturated rings. The van der Waals surface area contributed by atoms with Gasteiger partial charge >= 0.3 is 6.03 Å². The lowest BCUT2D eigenvalue weighted by Crippen LogP contribution is -2.40. The van der Waals surface area contributed by atoms with Crippen molar-refractivity contribution >= 4 is 57.4 Å². The minimum atomic E-state index is -0.475. The van der Waals surface area contributed by atoms with Crippen LogP contribution in [0, 0.1) is 0 Å². The molecule has 0 saturated carbocycles. The fourth-order valence-corrected chi connectivity index (χ4v) is 3.97. The molecular weight excluding hydrogens is 447 g/mol. The minimum Gasteiger partial charge on any atom is -0.315 e. The van der Waals surface area contributed by atoms with Crippen LogP contribution >= 0.6 is 34.8 Å². The van der Waals surface area contributed by atoms with Crippen molar-refractivity contribution in [3.63, 3.8) is 0 Å². The van der Waals surface area contributed by atoms with E-state index in [0.29, 0.717) is 50.6 Å². The molecule has 1 N–H and O–H groups in total. The molecule has 6 nitrogen and oxygen atoms in total. The molecule has 0 spiro atoms. The highest BCUT2D eigenvalue weighted by atomic mass is 35.5. The Morgan fingerprint density at radius 1 is 1.13 bits per heavy atom. The summed E-state index contributed by atoms with van der Waals surface area (Å²) < 4.78 is 1.58. The maximum absolute atomic E-state index is 13.0. The normalized spacial score (nSPS) is 12.1. The molecule has 2 aromatic carbocycles. The van der Waals surface area contributed by atoms with Crippen LogP contribution < -0.4 is 10.9 Å². The Bertz CT molecular complexity index is 1160. The Hall–Kier alpha value is -2.28. The number of fused-ring (bicyclic) bond motifs is 1. The van der Waals surface area contributed by atoms with E-state index in [1.807, 2.05) is 20.8 Å². The summed E-state index contributed by atoms with van der Waals surface area (Å²) in [5.41, 5.74) is 0.775. The van der Waals surface area contributed by atoms with Gasteiger partial charge in [-0.3, -0.25) is 9.36 Å². The van der Waals surface area contributed by atoms with Gasteiger partial charge in [0.15, 0.2) is 0 Å². The molecule has 9 heteroatoms. The number of hydrogen-bond donors (Lipinski definition) is 1. The van der Waals surface area contributed by atoms with Crippen molar-refractivity contribution in [3.05, 3.63) is 67.6 Å². The number of hydrogen-bond acceptors (Lipinski definition) is 3. The first-order valence-corrected chi connectivity index (χ1v) is 10.6. The highest BCUT2D eigenvalue weighted by molar-refractivity contribution is 6.36. The van der Waals surface area contributed by atoms with E-state index in [1.165, 1.54) is 0 Å². The largest absolute Gasteiger partial charge is 0.322 e. The number of amides is 2. The first-order valence-electron chi connectivity index (χ1n) is 9.49. The monoisotopic (exact) mass is 466 g/mol. The molecule has 0 aliphatic carbocycles. The number of benzene rings is 2. The Balaban J connectivity index is 2.00. The smallest absolute Gasteiger partial charge is 0.315 e. The molecule has 1 heterocycles. The summed E-state index contributed by atoms with van der Waals surface area (Å²) in [5, 5.41) is 4.59. The van der Waals surface area contributed by atoms with E-state index in [4.69, 9.17) is 34.8 Å². The molecule has 0 bridgehead atoms. The minimum absolute atomic E-state index is 0.168. The predicted octanol–water partition coefficient (Wildman–Crippen LogP) is 5.99. The molecule has 158 valence electrons. The third kappa shape index (κ3) is 4.41. The summed E-state index contributed by atoms with van der Waals surface area (Å²) in [6.07, 6.45) is 0. The standard InChI is InChI=1S/C21H21Cl3N4O2/c1-4-27(21(30)26-17-9-7-13(22)10-16(17)24)12(3)19-25-18-11-14(23)6-8-15(18)20(29)28(19)5-2/h6-12H,4-5H2,1-3H3,(H,26,30). The number of carbonyl (C=O) groups is 1. The number of urea groups is 1. The number of halogens is 3. The highest BCUT2D eigenvalue weighted by Gasteiger charge is 2.25. The predicted molar refractivity (Wildman–Crippen MR) is 123 cm³/mol. The van der Waals surface area contributed by atoms with E-state index >= 15 is 0 Å². The van der Waals surface area contributed by atoms with Crippen LogP contribution in [-0.4, -0.2) is 27.0 Å². The van der Waals surface area contributed by atoms with Crippen LogP contribution in [-0.2, 0) is 6.54 Å². The maximum Gasteiger partial charge on any atom is 0.322 e. The Morgan fingerprint density at radius 2 is 1.80 bits per heavy atom. The first kappa shape index (κ1) is 22.4. The fourth-order valence-electron chi connectivity index (χ4n) is 3.35. The average Bonchev–Trinajstić information content (AvgIpc) is 2.70. The van der Waals surface area contributed by atoms with Crippen molar-refractivity contribution in [2.75, 3.05) is 11.9 Å². The van der Waals surface area contributed by atoms with Crippen molar-refractivity contribution in [2.24, 2.45) is 0 Å². The van der Waals surface area contributed by atoms with Gasteiger partial charge in [-0.15, -0.1) is 0 Å². The summed E-state index contributed by atoms with van der Waals surface area (Å²) >= 11 is 18.2. The van der Waals surface area contributed by atoms with Gasteiger partial charge in [-0.25, -0.2) is 9.78 Å². The summed E-state index contributed by atoms with van der Waals surface area (Å²) in [7, 11) is 0. The molecule has 0 saturated heterocycles. The molecule has 0 aliphatic heterocycles. The van der Waals surface area contributed by atoms with E-state index in [9.17, 15) is 9.59 Å². The summed E-state index contributed by atoms with van der Waals surface area (Å²) in [6.45, 7) is 6.37. The molecular formula is C21H21Cl3N4O2. The number of carbonyl (C=O) groups excluding carboxylic acids is 1. The fraction of sp³-hybridized carbons (Fsp3) is 0.286. The Labute approximate surface area is 189 Å². The molecule has 30 heavy (non-hydrogen) atoms. The molecule has 3 rings (SSSR count). The zero-order valence-electron chi connectivity index (χ0n) is 16.7. The molecule has 2 amide bonds. The first-order chi connectivity index (χ1) is 14.3. The van der Waals surface area contributed by atoms with Crippen LogP contribution in [0.1, 0.15) is 32.6 Å². The van der Waals surface area contributed by atoms with Gasteiger partial charge in [0.1, 0.15) is 5.82 Å². The van der Waals surface area contributed by atoms with Crippen LogP contribution in [0.2, 0.25) is 15.1 Å². The highest BCUT2D eigenvalue weighted by Crippen LogP contribution is 2.27. The second kappa shape index (κ2) is 9.25. The van der Waals surface area contributed by atoms with Gasteiger partial charge in [0.05, 0.1) is 27.7 Å². The van der Waals surface area contributed by atoms with Crippen molar-refractivity contribution in [3.8, 4) is 0 Å². The van der Waals surface area contributed by atoms with Crippen LogP contribution in [0.5, 0.6) is 0 Å². The SMILES string of the molecule is CCN(C(=O)Nc1ccc(Cl)cc1Cl)C(C)c1nc2cc(Cl)ccc2c(=O)n1CC. The quantitative estimate of drug-likeness (QED) is 0.501. The summed E-state index contributed by atoms with van der Waals surface area (Å²) in [6, 6.07) is 8.98. The molecule has 1 unspecified atom stereocenters. The van der Waals surface area contributed by atoms with E-state index in [0.717, 1.165) is 0 Å². The Kier molecular flexibility index (Phi) is 6.91. The lowest BCUT2D eigenvalue weighted by molar-refractivity contribution is 0.192. The van der Waals surface area contributed by atoms with Gasteiger partial charge in [0.25, 0.3) is 5.56 Å². The third-order valence-corrected chi connectivity index (χ3v) is 5.66. The van der Waals surface area contributed by atoms with Gasteiger partial charge in [-0.05, 0) is 57.2 Å². The summed E-state index contributed by atoms with van der Waals surface area (Å²) in [5.74, 6) is 0.483. The number of nitrogens with one attached hydrogen (secondary N) is 1. The van der Waals surface area contributed by atoms with Gasteiger partial charge < -0.3 is 10.2 Å². The zero-order chi connectivity index (χ0) is 22.0. The molecule has 0 aliphatic rings. The van der Waals surface area contributed by atoms with Crippen molar-refractivity contribution in [1.82, 2.24) is 14.5 Å². The molecule has 1 atom stereocenters. The lowest BCUT2D eigenvalue weighted by Gasteiger charge is -2.29. The van der Waals surface area contributed by atoms with Gasteiger partial charge in [-0.1, -0.05) is 34.8 Å². The molecule has 1 aromatic heterocycles. The van der Waals surface area contributed by atoms with E-state index in [-0.39, 0.29) is 11.6 Å². The van der Waals surface area contributed by atoms with E-state index < -0.39 is 6.04 Å². The van der Waals surface area contributed by atoms with Crippen molar-refractivity contribution in [2.45, 2.75) is 33.4 Å². The van der Waals surface area contributed by atoms with Crippen molar-refractivity contribution < 1.29 is 4.79 Å². The third-order valence-electron chi connectivity index (χ3n) is 4.88. The second-order valence-corrected chi connectivity index (χ2v) is 7.98. The van der Waals surface area contributed by atoms with Crippen LogP contribution in [0.25, 0.3) is 10.9 Å². The van der Waals surface area contributed by atoms with Crippen LogP contribution in [0.15, 0.2) is 41.2 Å². The molecule has 0 radical (unpaired) electrons.